The molecule has 2 rings (SSSR count). The van der Waals surface area contributed by atoms with Crippen molar-refractivity contribution >= 4 is 12.1 Å². The van der Waals surface area contributed by atoms with Crippen molar-refractivity contribution in [1.82, 2.24) is 5.43 Å². The molecule has 4 heteroatoms. The van der Waals surface area contributed by atoms with Crippen LogP contribution in [0.25, 0.3) is 0 Å². The molecule has 1 heterocycles. The molecule has 1 aromatic carbocycles. The van der Waals surface area contributed by atoms with Gasteiger partial charge in [-0.2, -0.15) is 5.10 Å². The molecular weight excluding hydrogens is 264 g/mol. The third-order valence-corrected chi connectivity index (χ3v) is 3.26. The quantitative estimate of drug-likeness (QED) is 0.677. The first-order chi connectivity index (χ1) is 10.1. The molecule has 0 spiro atoms. The zero-order chi connectivity index (χ0) is 15.2. The molecule has 0 bridgehead atoms. The lowest BCUT2D eigenvalue weighted by atomic mass is 10.0. The Balaban J connectivity index is 1.89. The van der Waals surface area contributed by atoms with Gasteiger partial charge in [0.15, 0.2) is 0 Å². The summed E-state index contributed by atoms with van der Waals surface area (Å²) in [6, 6.07) is 9.79. The highest BCUT2D eigenvalue weighted by molar-refractivity contribution is 5.81. The van der Waals surface area contributed by atoms with Crippen molar-refractivity contribution in [2.24, 2.45) is 5.10 Å². The van der Waals surface area contributed by atoms with E-state index in [1.165, 1.54) is 11.8 Å². The van der Waals surface area contributed by atoms with E-state index in [0.717, 1.165) is 23.3 Å². The lowest BCUT2D eigenvalue weighted by Gasteiger charge is -2.05. The highest BCUT2D eigenvalue weighted by Crippen LogP contribution is 2.11. The van der Waals surface area contributed by atoms with E-state index in [2.05, 4.69) is 16.6 Å². The van der Waals surface area contributed by atoms with E-state index >= 15 is 0 Å². The summed E-state index contributed by atoms with van der Waals surface area (Å²) in [5, 5.41) is 3.91. The van der Waals surface area contributed by atoms with Crippen molar-refractivity contribution in [3.63, 3.8) is 0 Å². The molecule has 110 valence electrons. The summed E-state index contributed by atoms with van der Waals surface area (Å²) >= 11 is 0. The smallest absolute Gasteiger partial charge is 0.244 e. The second-order valence-electron chi connectivity index (χ2n) is 5.06. The molecular formula is C17H20N2O2. The van der Waals surface area contributed by atoms with Crippen molar-refractivity contribution in [3.8, 4) is 0 Å². The number of nitrogens with one attached hydrogen (secondary N) is 1. The minimum Gasteiger partial charge on any atom is -0.460 e. The lowest BCUT2D eigenvalue weighted by Crippen LogP contribution is -2.20. The van der Waals surface area contributed by atoms with Gasteiger partial charge in [0.25, 0.3) is 0 Å². The number of hydrogen-bond donors (Lipinski definition) is 1. The molecule has 0 radical (unpaired) electrons. The van der Waals surface area contributed by atoms with Crippen LogP contribution in [0.2, 0.25) is 0 Å². The second kappa shape index (κ2) is 6.88. The largest absolute Gasteiger partial charge is 0.460 e. The Morgan fingerprint density at radius 3 is 2.76 bits per heavy atom. The van der Waals surface area contributed by atoms with Gasteiger partial charge in [-0.1, -0.05) is 30.7 Å². The predicted molar refractivity (Wildman–Crippen MR) is 83.4 cm³/mol. The summed E-state index contributed by atoms with van der Waals surface area (Å²) in [5.74, 6) is 1.40. The highest BCUT2D eigenvalue weighted by atomic mass is 16.3. The van der Waals surface area contributed by atoms with E-state index in [9.17, 15) is 4.79 Å². The maximum Gasteiger partial charge on any atom is 0.244 e. The van der Waals surface area contributed by atoms with Gasteiger partial charge in [-0.3, -0.25) is 4.79 Å². The van der Waals surface area contributed by atoms with Gasteiger partial charge in [-0.05, 0) is 37.1 Å². The van der Waals surface area contributed by atoms with Gasteiger partial charge in [0.05, 0.1) is 12.6 Å². The van der Waals surface area contributed by atoms with Crippen molar-refractivity contribution in [2.45, 2.75) is 33.6 Å². The lowest BCUT2D eigenvalue weighted by molar-refractivity contribution is -0.120. The third kappa shape index (κ3) is 4.31. The first-order valence-electron chi connectivity index (χ1n) is 7.05. The average Bonchev–Trinajstić information content (AvgIpc) is 2.90. The summed E-state index contributed by atoms with van der Waals surface area (Å²) in [6.45, 7) is 6.06. The van der Waals surface area contributed by atoms with Crippen LogP contribution in [0.1, 0.15) is 35.1 Å². The van der Waals surface area contributed by atoms with E-state index in [1.807, 2.05) is 45.0 Å². The number of furan rings is 1. The number of hydrogen-bond acceptors (Lipinski definition) is 3. The first-order valence-corrected chi connectivity index (χ1v) is 7.05. The van der Waals surface area contributed by atoms with Crippen LogP contribution in [0.3, 0.4) is 0 Å². The summed E-state index contributed by atoms with van der Waals surface area (Å²) < 4.78 is 5.46. The summed E-state index contributed by atoms with van der Waals surface area (Å²) in [6.07, 6.45) is 2.67. The number of nitrogens with zero attached hydrogens (tertiary/aromatic N) is 1. The summed E-state index contributed by atoms with van der Waals surface area (Å²) in [4.78, 5) is 11.8. The average molecular weight is 284 g/mol. The Kier molecular flexibility index (Phi) is 4.93. The highest BCUT2D eigenvalue weighted by Gasteiger charge is 2.05. The van der Waals surface area contributed by atoms with Crippen LogP contribution in [0.4, 0.5) is 0 Å². The fourth-order valence-electron chi connectivity index (χ4n) is 2.08. The number of amides is 1. The monoisotopic (exact) mass is 284 g/mol. The van der Waals surface area contributed by atoms with E-state index in [1.54, 1.807) is 0 Å². The summed E-state index contributed by atoms with van der Waals surface area (Å²) in [7, 11) is 0. The zero-order valence-corrected chi connectivity index (χ0v) is 12.6. The number of hydrazone groups is 1. The topological polar surface area (TPSA) is 54.6 Å². The van der Waals surface area contributed by atoms with Crippen molar-refractivity contribution in [1.29, 1.82) is 0 Å². The van der Waals surface area contributed by atoms with E-state index in [-0.39, 0.29) is 5.91 Å². The van der Waals surface area contributed by atoms with Gasteiger partial charge < -0.3 is 4.42 Å². The molecule has 0 atom stereocenters. The van der Waals surface area contributed by atoms with E-state index in [4.69, 9.17) is 4.42 Å². The minimum atomic E-state index is -0.138. The van der Waals surface area contributed by atoms with Gasteiger partial charge >= 0.3 is 0 Å². The van der Waals surface area contributed by atoms with Gasteiger partial charge in [0.1, 0.15) is 11.5 Å². The maximum absolute atomic E-state index is 11.8. The molecule has 21 heavy (non-hydrogen) atoms. The molecule has 1 aromatic heterocycles. The van der Waals surface area contributed by atoms with Crippen LogP contribution in [0.15, 0.2) is 39.9 Å². The molecule has 0 saturated carbocycles. The van der Waals surface area contributed by atoms with Gasteiger partial charge in [-0.25, -0.2) is 5.43 Å². The van der Waals surface area contributed by atoms with Gasteiger partial charge in [0, 0.05) is 6.42 Å². The molecule has 0 saturated heterocycles. The number of carbonyl (C=O) groups is 1. The molecule has 1 N–H and O–H groups in total. The fourth-order valence-corrected chi connectivity index (χ4v) is 2.08. The number of carbonyl (C=O) groups excluding carboxylic acids is 1. The van der Waals surface area contributed by atoms with Crippen molar-refractivity contribution in [2.75, 3.05) is 0 Å². The number of benzene rings is 1. The molecule has 0 aliphatic rings. The number of aryl methyl sites for hydroxylation is 3. The van der Waals surface area contributed by atoms with Crippen molar-refractivity contribution < 1.29 is 9.21 Å². The van der Waals surface area contributed by atoms with Crippen LogP contribution in [0.5, 0.6) is 0 Å². The number of rotatable bonds is 5. The Morgan fingerprint density at radius 1 is 1.29 bits per heavy atom. The van der Waals surface area contributed by atoms with Gasteiger partial charge in [0.2, 0.25) is 5.91 Å². The van der Waals surface area contributed by atoms with Gasteiger partial charge in [-0.15, -0.1) is 0 Å². The Labute approximate surface area is 124 Å². The molecule has 0 unspecified atom stereocenters. The first kappa shape index (κ1) is 15.0. The summed E-state index contributed by atoms with van der Waals surface area (Å²) in [5.41, 5.74) is 5.84. The van der Waals surface area contributed by atoms with E-state index < -0.39 is 0 Å². The van der Waals surface area contributed by atoms with E-state index in [0.29, 0.717) is 12.2 Å². The van der Waals surface area contributed by atoms with Crippen molar-refractivity contribution in [3.05, 3.63) is 58.5 Å². The minimum absolute atomic E-state index is 0.138. The van der Waals surface area contributed by atoms with Crippen LogP contribution in [-0.4, -0.2) is 12.1 Å². The molecule has 4 nitrogen and oxygen atoms in total. The normalized spacial score (nSPS) is 11.0. The van der Waals surface area contributed by atoms with Crippen LogP contribution in [-0.2, 0) is 17.6 Å². The Bertz CT molecular complexity index is 657. The maximum atomic E-state index is 11.8. The SMILES string of the molecule is CCc1ccc(/C=N/NC(=O)Cc2ccc(C)cc2C)o1. The molecule has 0 aliphatic heterocycles. The molecule has 1 amide bonds. The van der Waals surface area contributed by atoms with Crippen LogP contribution >= 0.6 is 0 Å². The molecule has 2 aromatic rings. The fraction of sp³-hybridized carbons (Fsp3) is 0.294. The van der Waals surface area contributed by atoms with Crippen LogP contribution < -0.4 is 5.43 Å². The Hall–Kier alpha value is -2.36. The standard InChI is InChI=1S/C17H20N2O2/c1-4-15-7-8-16(21-15)11-18-19-17(20)10-14-6-5-12(2)9-13(14)3/h5-9,11H,4,10H2,1-3H3,(H,19,20)/b18-11+. The third-order valence-electron chi connectivity index (χ3n) is 3.26. The van der Waals surface area contributed by atoms with Crippen LogP contribution in [0, 0.1) is 13.8 Å². The second-order valence-corrected chi connectivity index (χ2v) is 5.06. The Morgan fingerprint density at radius 2 is 2.10 bits per heavy atom. The predicted octanol–water partition coefficient (Wildman–Crippen LogP) is 3.15. The zero-order valence-electron chi connectivity index (χ0n) is 12.6. The molecule has 0 fully saturated rings. The molecule has 0 aliphatic carbocycles.